The van der Waals surface area contributed by atoms with Gasteiger partial charge in [0.2, 0.25) is 0 Å². The monoisotopic (exact) mass is 668 g/mol. The lowest BCUT2D eigenvalue weighted by atomic mass is 9.95. The summed E-state index contributed by atoms with van der Waals surface area (Å²) in [5.74, 6) is 1.61. The summed E-state index contributed by atoms with van der Waals surface area (Å²) in [4.78, 5) is 14.6. The zero-order valence-electron chi connectivity index (χ0n) is 27.3. The summed E-state index contributed by atoms with van der Waals surface area (Å²) in [6.45, 7) is 5.96. The Balaban J connectivity index is 1.30. The van der Waals surface area contributed by atoms with Gasteiger partial charge in [0.15, 0.2) is 22.1 Å². The van der Waals surface area contributed by atoms with Crippen molar-refractivity contribution in [2.75, 3.05) is 37.9 Å². The van der Waals surface area contributed by atoms with Crippen LogP contribution >= 0.6 is 0 Å². The van der Waals surface area contributed by atoms with E-state index in [0.717, 1.165) is 31.4 Å². The maximum Gasteiger partial charge on any atom is 0.410 e. The highest BCUT2D eigenvalue weighted by Gasteiger charge is 2.35. The first-order chi connectivity index (χ1) is 22.4. The molecule has 2 aromatic carbocycles. The second kappa shape index (κ2) is 12.5. The average molecular weight is 669 g/mol. The molecule has 4 aromatic rings. The molecule has 0 radical (unpaired) electrons. The number of benzene rings is 2. The fraction of sp³-hybridized carbons (Fsp3) is 0.469. The number of hydrogen-bond acceptors (Lipinski definition) is 11. The number of H-pyrrole nitrogens is 1. The minimum absolute atomic E-state index is 0.0443. The number of nitrogens with zero attached hydrogens (tertiary/aromatic N) is 3. The highest BCUT2D eigenvalue weighted by molar-refractivity contribution is 7.93. The fourth-order valence-electron chi connectivity index (χ4n) is 5.80. The molecule has 3 heterocycles. The van der Waals surface area contributed by atoms with E-state index in [9.17, 15) is 13.2 Å². The summed E-state index contributed by atoms with van der Waals surface area (Å²) in [5, 5.41) is 15.0. The predicted octanol–water partition coefficient (Wildman–Crippen LogP) is 6.46. The van der Waals surface area contributed by atoms with Crippen molar-refractivity contribution in [2.45, 2.75) is 75.3 Å². The van der Waals surface area contributed by atoms with Crippen molar-refractivity contribution in [1.82, 2.24) is 20.3 Å². The molecule has 0 bridgehead atoms. The Hall–Kier alpha value is -4.66. The summed E-state index contributed by atoms with van der Waals surface area (Å²) < 4.78 is 58.4. The fourth-order valence-corrected chi connectivity index (χ4v) is 7.12. The number of piperidine rings is 1. The van der Waals surface area contributed by atoms with Gasteiger partial charge < -0.3 is 33.7 Å². The molecular formula is C32H40N6O8S. The Morgan fingerprint density at radius 3 is 2.32 bits per heavy atom. The lowest BCUT2D eigenvalue weighted by molar-refractivity contribution is 0.00943. The molecule has 6 rings (SSSR count). The number of aromatic nitrogens is 3. The maximum absolute atomic E-state index is 14.0. The van der Waals surface area contributed by atoms with Gasteiger partial charge in [-0.15, -0.1) is 0 Å². The van der Waals surface area contributed by atoms with Crippen molar-refractivity contribution >= 4 is 44.4 Å². The zero-order valence-corrected chi connectivity index (χ0v) is 28.1. The Kier molecular flexibility index (Phi) is 8.59. The van der Waals surface area contributed by atoms with Gasteiger partial charge in [-0.1, -0.05) is 5.16 Å². The molecule has 2 fully saturated rings. The number of aromatic amines is 1. The zero-order chi connectivity index (χ0) is 33.5. The molecule has 1 amide bonds. The number of methoxy groups -OCH3 is 3. The van der Waals surface area contributed by atoms with Crippen molar-refractivity contribution < 1.29 is 36.7 Å². The number of likely N-dealkylation sites (tertiary alicyclic amines) is 1. The first kappa shape index (κ1) is 32.3. The van der Waals surface area contributed by atoms with E-state index in [4.69, 9.17) is 23.5 Å². The van der Waals surface area contributed by atoms with Crippen LogP contribution in [-0.2, 0) is 14.8 Å². The standard InChI is InChI=1S/C32H40N6O8S/c1-32(2,3)45-31(39)38-12-8-7-9-23(38)19-13-26(43-5)29(27(14-19)44-6)47(40,41)37-30-20-15-25(42-4)22(16-24(20)46-36-30)33-28-17-21(34-35-28)18-10-11-18/h13-18,23H,7-12H2,1-6H3,(H,36,37)(H2,33,34,35)/t23-/m0/s1. The van der Waals surface area contributed by atoms with Gasteiger partial charge in [-0.05, 0) is 76.6 Å². The van der Waals surface area contributed by atoms with Crippen molar-refractivity contribution in [3.8, 4) is 17.2 Å². The van der Waals surface area contributed by atoms with Gasteiger partial charge in [0.1, 0.15) is 22.8 Å². The third kappa shape index (κ3) is 6.75. The van der Waals surface area contributed by atoms with Crippen LogP contribution in [0.5, 0.6) is 17.2 Å². The lowest BCUT2D eigenvalue weighted by Crippen LogP contribution is -2.41. The highest BCUT2D eigenvalue weighted by atomic mass is 32.2. The molecule has 1 aliphatic heterocycles. The first-order valence-corrected chi connectivity index (χ1v) is 17.0. The maximum atomic E-state index is 14.0. The molecule has 0 spiro atoms. The Bertz CT molecular complexity index is 1870. The highest BCUT2D eigenvalue weighted by Crippen LogP contribution is 2.43. The number of anilines is 3. The van der Waals surface area contributed by atoms with Gasteiger partial charge in [-0.25, -0.2) is 13.2 Å². The van der Waals surface area contributed by atoms with Gasteiger partial charge in [0.25, 0.3) is 10.0 Å². The van der Waals surface area contributed by atoms with Crippen LogP contribution in [0.4, 0.5) is 22.1 Å². The minimum atomic E-state index is -4.34. The van der Waals surface area contributed by atoms with Crippen LogP contribution in [0.1, 0.15) is 76.1 Å². The molecule has 47 heavy (non-hydrogen) atoms. The van der Waals surface area contributed by atoms with Crippen LogP contribution in [0, 0.1) is 0 Å². The SMILES string of the molecule is COc1cc2c(NS(=O)(=O)c3c(OC)cc([C@@H]4CCCCN4C(=O)OC(C)(C)C)cc3OC)noc2cc1Nc1cc(C2CC2)[nH]n1. The normalized spacial score (nSPS) is 17.0. The van der Waals surface area contributed by atoms with Gasteiger partial charge in [-0.2, -0.15) is 5.10 Å². The second-order valence-corrected chi connectivity index (χ2v) is 14.4. The first-order valence-electron chi connectivity index (χ1n) is 15.5. The molecule has 1 saturated heterocycles. The van der Waals surface area contributed by atoms with Crippen LogP contribution < -0.4 is 24.2 Å². The largest absolute Gasteiger partial charge is 0.495 e. The third-order valence-corrected chi connectivity index (χ3v) is 9.57. The second-order valence-electron chi connectivity index (χ2n) is 12.7. The number of rotatable bonds is 10. The Labute approximate surface area is 273 Å². The predicted molar refractivity (Wildman–Crippen MR) is 174 cm³/mol. The summed E-state index contributed by atoms with van der Waals surface area (Å²) >= 11 is 0. The van der Waals surface area contributed by atoms with Crippen LogP contribution in [0.3, 0.4) is 0 Å². The van der Waals surface area contributed by atoms with E-state index in [1.165, 1.54) is 21.3 Å². The molecule has 1 atom stereocenters. The van der Waals surface area contributed by atoms with Crippen LogP contribution in [0.25, 0.3) is 11.0 Å². The number of amides is 1. The smallest absolute Gasteiger partial charge is 0.410 e. The van der Waals surface area contributed by atoms with Gasteiger partial charge in [0, 0.05) is 30.3 Å². The summed E-state index contributed by atoms with van der Waals surface area (Å²) in [6.07, 6.45) is 4.24. The van der Waals surface area contributed by atoms with E-state index in [2.05, 4.69) is 25.4 Å². The number of hydrogen-bond donors (Lipinski definition) is 3. The van der Waals surface area contributed by atoms with Crippen LogP contribution in [0.15, 0.2) is 39.8 Å². The van der Waals surface area contributed by atoms with E-state index in [-0.39, 0.29) is 28.3 Å². The number of sulfonamides is 1. The molecule has 1 aliphatic carbocycles. The summed E-state index contributed by atoms with van der Waals surface area (Å²) in [5.41, 5.74) is 1.96. The number of ether oxygens (including phenoxy) is 4. The van der Waals surface area contributed by atoms with Crippen molar-refractivity contribution in [3.63, 3.8) is 0 Å². The van der Waals surface area contributed by atoms with Crippen molar-refractivity contribution in [1.29, 1.82) is 0 Å². The van der Waals surface area contributed by atoms with Gasteiger partial charge >= 0.3 is 6.09 Å². The molecule has 252 valence electrons. The molecule has 1 saturated carbocycles. The molecule has 0 unspecified atom stereocenters. The van der Waals surface area contributed by atoms with E-state index in [0.29, 0.717) is 52.7 Å². The molecule has 2 aromatic heterocycles. The quantitative estimate of drug-likeness (QED) is 0.169. The molecular weight excluding hydrogens is 628 g/mol. The lowest BCUT2D eigenvalue weighted by Gasteiger charge is -2.37. The number of carbonyl (C=O) groups excluding carboxylic acids is 1. The van der Waals surface area contributed by atoms with Crippen molar-refractivity contribution in [3.05, 3.63) is 41.6 Å². The Morgan fingerprint density at radius 1 is 0.979 bits per heavy atom. The average Bonchev–Trinajstić information content (AvgIpc) is 3.67. The molecule has 15 heteroatoms. The van der Waals surface area contributed by atoms with Gasteiger partial charge in [-0.3, -0.25) is 9.82 Å². The third-order valence-electron chi connectivity index (χ3n) is 8.17. The van der Waals surface area contributed by atoms with E-state index in [1.807, 2.05) is 26.8 Å². The summed E-state index contributed by atoms with van der Waals surface area (Å²) in [6, 6.07) is 8.14. The van der Waals surface area contributed by atoms with E-state index in [1.54, 1.807) is 29.2 Å². The minimum Gasteiger partial charge on any atom is -0.495 e. The number of nitrogens with one attached hydrogen (secondary N) is 3. The van der Waals surface area contributed by atoms with Gasteiger partial charge in [0.05, 0.1) is 38.4 Å². The molecule has 3 N–H and O–H groups in total. The topological polar surface area (TPSA) is 170 Å². The molecule has 14 nitrogen and oxygen atoms in total. The number of fused-ring (bicyclic) bond motifs is 1. The van der Waals surface area contributed by atoms with Crippen molar-refractivity contribution in [2.24, 2.45) is 0 Å². The van der Waals surface area contributed by atoms with Crippen LogP contribution in [-0.4, -0.2) is 68.2 Å². The molecule has 2 aliphatic rings. The van der Waals surface area contributed by atoms with Crippen LogP contribution in [0.2, 0.25) is 0 Å². The Morgan fingerprint density at radius 2 is 1.68 bits per heavy atom. The van der Waals surface area contributed by atoms with E-state index < -0.39 is 21.7 Å². The number of carbonyl (C=O) groups is 1. The summed E-state index contributed by atoms with van der Waals surface area (Å²) in [7, 11) is -0.0725. The van der Waals surface area contributed by atoms with E-state index >= 15 is 0 Å².